The van der Waals surface area contributed by atoms with E-state index in [-0.39, 0.29) is 17.5 Å². The van der Waals surface area contributed by atoms with Gasteiger partial charge in [0.1, 0.15) is 0 Å². The van der Waals surface area contributed by atoms with Crippen LogP contribution < -0.4 is 0 Å². The summed E-state index contributed by atoms with van der Waals surface area (Å²) in [7, 11) is 1.41. The third-order valence-corrected chi connectivity index (χ3v) is 6.63. The molecule has 3 nitrogen and oxygen atoms in total. The zero-order chi connectivity index (χ0) is 24.9. The Labute approximate surface area is 204 Å². The van der Waals surface area contributed by atoms with Crippen molar-refractivity contribution < 1.29 is 14.6 Å². The number of hydrogen-bond acceptors (Lipinski definition) is 3. The second-order valence-electron chi connectivity index (χ2n) is 10.5. The van der Waals surface area contributed by atoms with E-state index in [0.29, 0.717) is 6.42 Å². The summed E-state index contributed by atoms with van der Waals surface area (Å²) in [4.78, 5) is 11.5. The molecular formula is C31H38O3. The lowest BCUT2D eigenvalue weighted by Gasteiger charge is -2.26. The molecule has 0 spiro atoms. The number of aryl methyl sites for hydroxylation is 3. The highest BCUT2D eigenvalue weighted by Crippen LogP contribution is 2.27. The Morgan fingerprint density at radius 3 is 2.03 bits per heavy atom. The first-order valence-electron chi connectivity index (χ1n) is 12.1. The van der Waals surface area contributed by atoms with E-state index in [4.69, 9.17) is 4.74 Å². The van der Waals surface area contributed by atoms with Gasteiger partial charge >= 0.3 is 5.97 Å². The molecule has 0 aliphatic carbocycles. The number of hydrogen-bond donors (Lipinski definition) is 1. The zero-order valence-electron chi connectivity index (χ0n) is 21.4. The molecule has 3 rings (SSSR count). The maximum absolute atomic E-state index is 11.5. The molecule has 3 heteroatoms. The van der Waals surface area contributed by atoms with Gasteiger partial charge in [-0.15, -0.1) is 0 Å². The Morgan fingerprint density at radius 1 is 0.882 bits per heavy atom. The fraction of sp³-hybridized carbons (Fsp3) is 0.387. The van der Waals surface area contributed by atoms with Gasteiger partial charge in [0, 0.05) is 0 Å². The molecular weight excluding hydrogens is 420 g/mol. The first-order chi connectivity index (χ1) is 16.1. The highest BCUT2D eigenvalue weighted by molar-refractivity contribution is 5.73. The molecule has 0 radical (unpaired) electrons. The van der Waals surface area contributed by atoms with Crippen LogP contribution in [0.1, 0.15) is 60.6 Å². The van der Waals surface area contributed by atoms with E-state index in [1.54, 1.807) is 0 Å². The van der Waals surface area contributed by atoms with Crippen molar-refractivity contribution >= 4 is 5.97 Å². The molecule has 180 valence electrons. The van der Waals surface area contributed by atoms with Crippen LogP contribution >= 0.6 is 0 Å². The van der Waals surface area contributed by atoms with Crippen LogP contribution in [0.5, 0.6) is 0 Å². The van der Waals surface area contributed by atoms with E-state index in [0.717, 1.165) is 30.4 Å². The lowest BCUT2D eigenvalue weighted by Crippen LogP contribution is -2.26. The highest BCUT2D eigenvalue weighted by atomic mass is 16.5. The Morgan fingerprint density at radius 2 is 1.47 bits per heavy atom. The summed E-state index contributed by atoms with van der Waals surface area (Å²) in [6.45, 7) is 10.6. The fourth-order valence-corrected chi connectivity index (χ4v) is 4.31. The average Bonchev–Trinajstić information content (AvgIpc) is 2.78. The zero-order valence-corrected chi connectivity index (χ0v) is 21.4. The minimum Gasteiger partial charge on any atom is -0.469 e. The van der Waals surface area contributed by atoms with Gasteiger partial charge in [0.15, 0.2) is 0 Å². The van der Waals surface area contributed by atoms with E-state index in [9.17, 15) is 9.90 Å². The van der Waals surface area contributed by atoms with Crippen LogP contribution in [-0.4, -0.2) is 24.3 Å². The molecule has 0 heterocycles. The molecule has 0 amide bonds. The predicted octanol–water partition coefficient (Wildman–Crippen LogP) is 6.62. The second kappa shape index (κ2) is 11.0. The van der Waals surface area contributed by atoms with Crippen LogP contribution in [0.2, 0.25) is 0 Å². The summed E-state index contributed by atoms with van der Waals surface area (Å²) < 4.78 is 4.75. The quantitative estimate of drug-likeness (QED) is 0.386. The van der Waals surface area contributed by atoms with Gasteiger partial charge < -0.3 is 9.84 Å². The normalized spacial score (nSPS) is 12.4. The summed E-state index contributed by atoms with van der Waals surface area (Å²) in [5.74, 6) is -0.223. The van der Waals surface area contributed by atoms with Crippen LogP contribution in [0.3, 0.4) is 0 Å². The Balaban J connectivity index is 1.67. The molecule has 1 atom stereocenters. The number of benzene rings is 3. The standard InChI is InChI=1S/C31H38O3/c1-21-17-24(9-11-26(21)14-16-29(32)31(3,4)5)19-25-10-15-28(22(2)18-25)27-12-7-23(8-13-27)20-30(33)34-6/h7-13,15,17-18,29,32H,14,16,19-20H2,1-6H3. The van der Waals surface area contributed by atoms with Crippen LogP contribution in [0.25, 0.3) is 11.1 Å². The van der Waals surface area contributed by atoms with E-state index in [2.05, 4.69) is 83.1 Å². The maximum atomic E-state index is 11.5. The third-order valence-electron chi connectivity index (χ3n) is 6.63. The molecule has 0 aromatic heterocycles. The molecule has 0 saturated carbocycles. The van der Waals surface area contributed by atoms with Gasteiger partial charge in [0.05, 0.1) is 19.6 Å². The fourth-order valence-electron chi connectivity index (χ4n) is 4.31. The van der Waals surface area contributed by atoms with Crippen molar-refractivity contribution in [1.82, 2.24) is 0 Å². The summed E-state index contributed by atoms with van der Waals surface area (Å²) in [5, 5.41) is 10.4. The van der Waals surface area contributed by atoms with Gasteiger partial charge in [0.25, 0.3) is 0 Å². The largest absolute Gasteiger partial charge is 0.469 e. The first kappa shape index (κ1) is 25.7. The van der Waals surface area contributed by atoms with Crippen LogP contribution in [-0.2, 0) is 28.8 Å². The van der Waals surface area contributed by atoms with Crippen LogP contribution in [0.4, 0.5) is 0 Å². The SMILES string of the molecule is COC(=O)Cc1ccc(-c2ccc(Cc3ccc(CCC(O)C(C)(C)C)c(C)c3)cc2C)cc1. The number of rotatable bonds is 8. The molecule has 0 aliphatic heterocycles. The number of carbonyl (C=O) groups is 1. The lowest BCUT2D eigenvalue weighted by molar-refractivity contribution is -0.139. The Kier molecular flexibility index (Phi) is 8.33. The minimum atomic E-state index is -0.294. The molecule has 3 aromatic carbocycles. The summed E-state index contributed by atoms with van der Waals surface area (Å²) in [5.41, 5.74) is 9.67. The van der Waals surface area contributed by atoms with Crippen molar-refractivity contribution in [2.75, 3.05) is 7.11 Å². The highest BCUT2D eigenvalue weighted by Gasteiger charge is 2.21. The number of methoxy groups -OCH3 is 1. The summed E-state index contributed by atoms with van der Waals surface area (Å²) in [6.07, 6.45) is 2.58. The van der Waals surface area contributed by atoms with E-state index in [1.165, 1.54) is 40.5 Å². The van der Waals surface area contributed by atoms with Crippen LogP contribution in [0, 0.1) is 19.3 Å². The van der Waals surface area contributed by atoms with Crippen molar-refractivity contribution in [3.05, 3.63) is 94.0 Å². The van der Waals surface area contributed by atoms with Gasteiger partial charge in [-0.3, -0.25) is 4.79 Å². The molecule has 34 heavy (non-hydrogen) atoms. The molecule has 0 saturated heterocycles. The molecule has 1 unspecified atom stereocenters. The van der Waals surface area contributed by atoms with Gasteiger partial charge in [-0.1, -0.05) is 81.4 Å². The smallest absolute Gasteiger partial charge is 0.309 e. The minimum absolute atomic E-state index is 0.0804. The third kappa shape index (κ3) is 6.80. The Bertz CT molecular complexity index is 1120. The van der Waals surface area contributed by atoms with Crippen molar-refractivity contribution in [3.63, 3.8) is 0 Å². The number of ether oxygens (including phenoxy) is 1. The number of carbonyl (C=O) groups excluding carboxylic acids is 1. The van der Waals surface area contributed by atoms with E-state index in [1.807, 2.05) is 12.1 Å². The van der Waals surface area contributed by atoms with Gasteiger partial charge in [0.2, 0.25) is 0 Å². The van der Waals surface area contributed by atoms with E-state index < -0.39 is 0 Å². The predicted molar refractivity (Wildman–Crippen MR) is 140 cm³/mol. The molecule has 0 aliphatic rings. The monoisotopic (exact) mass is 458 g/mol. The first-order valence-corrected chi connectivity index (χ1v) is 12.1. The van der Waals surface area contributed by atoms with Gasteiger partial charge in [-0.25, -0.2) is 0 Å². The van der Waals surface area contributed by atoms with E-state index >= 15 is 0 Å². The van der Waals surface area contributed by atoms with Crippen molar-refractivity contribution in [2.45, 2.75) is 66.4 Å². The molecule has 0 bridgehead atoms. The van der Waals surface area contributed by atoms with Gasteiger partial charge in [-0.2, -0.15) is 0 Å². The lowest BCUT2D eigenvalue weighted by atomic mass is 9.85. The van der Waals surface area contributed by atoms with Gasteiger partial charge in [-0.05, 0) is 83.0 Å². The molecule has 0 fully saturated rings. The number of esters is 1. The number of aliphatic hydroxyl groups excluding tert-OH is 1. The molecule has 3 aromatic rings. The number of aliphatic hydroxyl groups is 1. The van der Waals surface area contributed by atoms with Crippen molar-refractivity contribution in [1.29, 1.82) is 0 Å². The van der Waals surface area contributed by atoms with Crippen molar-refractivity contribution in [3.8, 4) is 11.1 Å². The molecule has 1 N–H and O–H groups in total. The maximum Gasteiger partial charge on any atom is 0.309 e. The van der Waals surface area contributed by atoms with Crippen molar-refractivity contribution in [2.24, 2.45) is 5.41 Å². The summed E-state index contributed by atoms with van der Waals surface area (Å²) in [6, 6.07) is 21.5. The van der Waals surface area contributed by atoms with Crippen LogP contribution in [0.15, 0.2) is 60.7 Å². The second-order valence-corrected chi connectivity index (χ2v) is 10.5. The summed E-state index contributed by atoms with van der Waals surface area (Å²) >= 11 is 0. The Hall–Kier alpha value is -2.91. The average molecular weight is 459 g/mol. The topological polar surface area (TPSA) is 46.5 Å².